The standard InChI is InChI=1S/C19H21NO.ClH/c1-14-7-3-5-9-16(14)19-11-12-20(2)13-17(19)15-8-4-6-10-18(15)21-19;/h3-10,17H,11-13H2,1-2H3;1H/t17-,19+;/m1./s1. The summed E-state index contributed by atoms with van der Waals surface area (Å²) in [4.78, 5) is 2.42. The minimum atomic E-state index is -0.179. The topological polar surface area (TPSA) is 12.5 Å². The summed E-state index contributed by atoms with van der Waals surface area (Å²) in [6, 6.07) is 17.3. The zero-order chi connectivity index (χ0) is 14.4. The molecule has 3 heteroatoms. The molecule has 0 aliphatic carbocycles. The summed E-state index contributed by atoms with van der Waals surface area (Å²) in [7, 11) is 2.21. The summed E-state index contributed by atoms with van der Waals surface area (Å²) in [5.74, 6) is 1.50. The predicted molar refractivity (Wildman–Crippen MR) is 92.0 cm³/mol. The molecule has 2 aromatic carbocycles. The SMILES string of the molecule is Cc1ccccc1[C@@]12CCN(C)C[C@@H]1c1ccccc1O2.Cl. The van der Waals surface area contributed by atoms with Crippen LogP contribution in [0.5, 0.6) is 5.75 Å². The van der Waals surface area contributed by atoms with Crippen LogP contribution in [-0.2, 0) is 5.60 Å². The zero-order valence-corrected chi connectivity index (χ0v) is 13.9. The molecule has 0 unspecified atom stereocenters. The van der Waals surface area contributed by atoms with Gasteiger partial charge in [0.2, 0.25) is 0 Å². The summed E-state index contributed by atoms with van der Waals surface area (Å²) in [6.45, 7) is 4.34. The largest absolute Gasteiger partial charge is 0.482 e. The van der Waals surface area contributed by atoms with Gasteiger partial charge in [0.05, 0.1) is 0 Å². The number of aryl methyl sites for hydroxylation is 1. The number of nitrogens with zero attached hydrogens (tertiary/aromatic N) is 1. The number of hydrogen-bond donors (Lipinski definition) is 0. The van der Waals surface area contributed by atoms with Crippen LogP contribution in [0.3, 0.4) is 0 Å². The first kappa shape index (κ1) is 15.4. The molecule has 2 heterocycles. The third-order valence-electron chi connectivity index (χ3n) is 5.11. The Kier molecular flexibility index (Phi) is 3.92. The van der Waals surface area contributed by atoms with E-state index in [1.165, 1.54) is 16.7 Å². The second-order valence-electron chi connectivity index (χ2n) is 6.41. The Labute approximate surface area is 138 Å². The molecule has 2 nitrogen and oxygen atoms in total. The minimum absolute atomic E-state index is 0. The molecule has 0 radical (unpaired) electrons. The fraction of sp³-hybridized carbons (Fsp3) is 0.368. The van der Waals surface area contributed by atoms with Gasteiger partial charge >= 0.3 is 0 Å². The highest BCUT2D eigenvalue weighted by atomic mass is 35.5. The van der Waals surface area contributed by atoms with Crippen molar-refractivity contribution in [3.63, 3.8) is 0 Å². The molecular formula is C19H22ClNO. The fourth-order valence-corrected chi connectivity index (χ4v) is 4.04. The monoisotopic (exact) mass is 315 g/mol. The Balaban J connectivity index is 0.00000144. The van der Waals surface area contributed by atoms with Gasteiger partial charge in [0, 0.05) is 31.0 Å². The Morgan fingerprint density at radius 3 is 2.64 bits per heavy atom. The lowest BCUT2D eigenvalue weighted by Gasteiger charge is -2.43. The first-order valence-electron chi connectivity index (χ1n) is 7.73. The quantitative estimate of drug-likeness (QED) is 0.785. The van der Waals surface area contributed by atoms with Gasteiger partial charge in [-0.05, 0) is 31.2 Å². The molecule has 116 valence electrons. The van der Waals surface area contributed by atoms with Crippen molar-refractivity contribution in [1.82, 2.24) is 4.90 Å². The molecule has 0 amide bonds. The van der Waals surface area contributed by atoms with Crippen molar-refractivity contribution in [2.45, 2.75) is 24.9 Å². The van der Waals surface area contributed by atoms with Crippen LogP contribution in [-0.4, -0.2) is 25.0 Å². The predicted octanol–water partition coefficient (Wildman–Crippen LogP) is 4.12. The van der Waals surface area contributed by atoms with E-state index in [-0.39, 0.29) is 18.0 Å². The van der Waals surface area contributed by atoms with E-state index in [1.807, 2.05) is 0 Å². The average Bonchev–Trinajstić information content (AvgIpc) is 2.83. The van der Waals surface area contributed by atoms with E-state index < -0.39 is 0 Å². The molecular weight excluding hydrogens is 294 g/mol. The molecule has 2 aromatic rings. The lowest BCUT2D eigenvalue weighted by Crippen LogP contribution is -2.48. The van der Waals surface area contributed by atoms with Crippen LogP contribution in [0.4, 0.5) is 0 Å². The van der Waals surface area contributed by atoms with Crippen LogP contribution >= 0.6 is 12.4 Å². The highest BCUT2D eigenvalue weighted by Crippen LogP contribution is 2.54. The minimum Gasteiger partial charge on any atom is -0.482 e. The van der Waals surface area contributed by atoms with E-state index in [2.05, 4.69) is 67.4 Å². The van der Waals surface area contributed by atoms with Crippen LogP contribution in [0, 0.1) is 6.92 Å². The van der Waals surface area contributed by atoms with Crippen LogP contribution in [0.1, 0.15) is 29.0 Å². The Hall–Kier alpha value is -1.51. The third-order valence-corrected chi connectivity index (χ3v) is 5.11. The van der Waals surface area contributed by atoms with Crippen molar-refractivity contribution in [1.29, 1.82) is 0 Å². The highest BCUT2D eigenvalue weighted by Gasteiger charge is 2.52. The maximum Gasteiger partial charge on any atom is 0.144 e. The van der Waals surface area contributed by atoms with E-state index >= 15 is 0 Å². The molecule has 2 atom stereocenters. The van der Waals surface area contributed by atoms with Gasteiger partial charge in [-0.1, -0.05) is 42.5 Å². The van der Waals surface area contributed by atoms with Gasteiger partial charge in [-0.15, -0.1) is 12.4 Å². The first-order chi connectivity index (χ1) is 10.2. The highest BCUT2D eigenvalue weighted by molar-refractivity contribution is 5.85. The number of para-hydroxylation sites is 1. The molecule has 1 fully saturated rings. The maximum atomic E-state index is 6.59. The molecule has 2 aliphatic rings. The van der Waals surface area contributed by atoms with E-state index in [9.17, 15) is 0 Å². The lowest BCUT2D eigenvalue weighted by atomic mass is 9.73. The summed E-state index contributed by atoms with van der Waals surface area (Å²) < 4.78 is 6.59. The number of likely N-dealkylation sites (tertiary alicyclic amines) is 1. The second-order valence-corrected chi connectivity index (χ2v) is 6.41. The van der Waals surface area contributed by atoms with Crippen molar-refractivity contribution in [3.05, 3.63) is 65.2 Å². The van der Waals surface area contributed by atoms with Crippen LogP contribution in [0.2, 0.25) is 0 Å². The number of rotatable bonds is 1. The molecule has 0 N–H and O–H groups in total. The molecule has 0 bridgehead atoms. The molecule has 0 spiro atoms. The maximum absolute atomic E-state index is 6.59. The van der Waals surface area contributed by atoms with Crippen molar-refractivity contribution in [3.8, 4) is 5.75 Å². The second kappa shape index (κ2) is 5.60. The number of likely N-dealkylation sites (N-methyl/N-ethyl adjacent to an activating group) is 1. The molecule has 2 aliphatic heterocycles. The molecule has 0 saturated carbocycles. The van der Waals surface area contributed by atoms with Crippen LogP contribution in [0.15, 0.2) is 48.5 Å². The molecule has 1 saturated heterocycles. The van der Waals surface area contributed by atoms with Gasteiger partial charge in [-0.3, -0.25) is 0 Å². The molecule has 0 aromatic heterocycles. The normalized spacial score (nSPS) is 26.5. The zero-order valence-electron chi connectivity index (χ0n) is 13.1. The first-order valence-corrected chi connectivity index (χ1v) is 7.73. The van der Waals surface area contributed by atoms with Crippen molar-refractivity contribution >= 4 is 12.4 Å². The third kappa shape index (κ3) is 2.13. The van der Waals surface area contributed by atoms with Crippen molar-refractivity contribution in [2.75, 3.05) is 20.1 Å². The summed E-state index contributed by atoms with van der Waals surface area (Å²) in [6.07, 6.45) is 1.05. The van der Waals surface area contributed by atoms with Gasteiger partial charge in [0.15, 0.2) is 0 Å². The van der Waals surface area contributed by atoms with Crippen molar-refractivity contribution < 1.29 is 4.74 Å². The van der Waals surface area contributed by atoms with Gasteiger partial charge in [0.25, 0.3) is 0 Å². The summed E-state index contributed by atoms with van der Waals surface area (Å²) >= 11 is 0. The number of ether oxygens (including phenoxy) is 1. The Morgan fingerprint density at radius 2 is 1.82 bits per heavy atom. The van der Waals surface area contributed by atoms with Gasteiger partial charge in [0.1, 0.15) is 11.4 Å². The van der Waals surface area contributed by atoms with Crippen LogP contribution in [0.25, 0.3) is 0 Å². The number of fused-ring (bicyclic) bond motifs is 3. The van der Waals surface area contributed by atoms with E-state index in [1.54, 1.807) is 0 Å². The molecule has 22 heavy (non-hydrogen) atoms. The van der Waals surface area contributed by atoms with Crippen molar-refractivity contribution in [2.24, 2.45) is 0 Å². The average molecular weight is 316 g/mol. The lowest BCUT2D eigenvalue weighted by molar-refractivity contribution is 0.00652. The number of piperidine rings is 1. The number of hydrogen-bond acceptors (Lipinski definition) is 2. The summed E-state index contributed by atoms with van der Waals surface area (Å²) in [5, 5.41) is 0. The fourth-order valence-electron chi connectivity index (χ4n) is 4.04. The Morgan fingerprint density at radius 1 is 1.09 bits per heavy atom. The van der Waals surface area contributed by atoms with Gasteiger partial charge < -0.3 is 9.64 Å². The van der Waals surface area contributed by atoms with E-state index in [0.717, 1.165) is 25.3 Å². The van der Waals surface area contributed by atoms with E-state index in [0.29, 0.717) is 5.92 Å². The van der Waals surface area contributed by atoms with E-state index in [4.69, 9.17) is 4.74 Å². The summed E-state index contributed by atoms with van der Waals surface area (Å²) in [5.41, 5.74) is 3.88. The number of benzene rings is 2. The van der Waals surface area contributed by atoms with Crippen LogP contribution < -0.4 is 4.74 Å². The smallest absolute Gasteiger partial charge is 0.144 e. The van der Waals surface area contributed by atoms with Gasteiger partial charge in [-0.25, -0.2) is 0 Å². The molecule has 4 rings (SSSR count). The Bertz CT molecular complexity index is 687. The number of halogens is 1. The van der Waals surface area contributed by atoms with Gasteiger partial charge in [-0.2, -0.15) is 0 Å².